The Hall–Kier alpha value is -2.40. The van der Waals surface area contributed by atoms with Crippen LogP contribution in [0.1, 0.15) is 5.82 Å². The van der Waals surface area contributed by atoms with Crippen LogP contribution in [0.25, 0.3) is 0 Å². The number of anilines is 1. The van der Waals surface area contributed by atoms with Crippen LogP contribution in [-0.2, 0) is 18.3 Å². The standard InChI is InChI=1S/C11H10N6OS/c1-17-10(14-15-16-17)6-11(18)13-8-2-4-9(5-3-8)19-7-12/h2-5H,6H2,1H3,(H,13,18). The maximum Gasteiger partial charge on any atom is 0.232 e. The summed E-state index contributed by atoms with van der Waals surface area (Å²) in [6.07, 6.45) is 0.109. The summed E-state index contributed by atoms with van der Waals surface area (Å²) in [5.74, 6) is 0.299. The third-order valence-corrected chi connectivity index (χ3v) is 2.93. The van der Waals surface area contributed by atoms with Gasteiger partial charge in [-0.05, 0) is 46.5 Å². The Bertz CT molecular complexity index is 615. The van der Waals surface area contributed by atoms with E-state index in [0.29, 0.717) is 11.5 Å². The average Bonchev–Trinajstić information content (AvgIpc) is 2.78. The highest BCUT2D eigenvalue weighted by Crippen LogP contribution is 2.18. The molecule has 1 heterocycles. The Balaban J connectivity index is 1.95. The van der Waals surface area contributed by atoms with E-state index in [9.17, 15) is 4.79 Å². The SMILES string of the molecule is Cn1nnnc1CC(=O)Nc1ccc(SC#N)cc1. The van der Waals surface area contributed by atoms with E-state index in [-0.39, 0.29) is 12.3 Å². The number of tetrazole rings is 1. The number of carbonyl (C=O) groups excluding carboxylic acids is 1. The van der Waals surface area contributed by atoms with Crippen LogP contribution >= 0.6 is 11.8 Å². The van der Waals surface area contributed by atoms with Crippen molar-refractivity contribution in [1.29, 1.82) is 5.26 Å². The fourth-order valence-corrected chi connectivity index (χ4v) is 1.78. The smallest absolute Gasteiger partial charge is 0.232 e. The second-order valence-corrected chi connectivity index (χ2v) is 4.52. The van der Waals surface area contributed by atoms with E-state index in [1.807, 2.05) is 5.40 Å². The molecule has 0 aliphatic heterocycles. The maximum absolute atomic E-state index is 11.8. The molecule has 0 saturated heterocycles. The number of amides is 1. The van der Waals surface area contributed by atoms with E-state index in [0.717, 1.165) is 16.7 Å². The van der Waals surface area contributed by atoms with Crippen LogP contribution in [0.3, 0.4) is 0 Å². The summed E-state index contributed by atoms with van der Waals surface area (Å²) in [7, 11) is 1.68. The number of hydrogen-bond donors (Lipinski definition) is 1. The Labute approximate surface area is 113 Å². The topological polar surface area (TPSA) is 96.5 Å². The van der Waals surface area contributed by atoms with Gasteiger partial charge in [0.05, 0.1) is 6.42 Å². The minimum Gasteiger partial charge on any atom is -0.326 e. The van der Waals surface area contributed by atoms with Crippen LogP contribution in [0, 0.1) is 10.7 Å². The van der Waals surface area contributed by atoms with Crippen LogP contribution in [0.2, 0.25) is 0 Å². The van der Waals surface area contributed by atoms with Gasteiger partial charge < -0.3 is 5.32 Å². The lowest BCUT2D eigenvalue weighted by Gasteiger charge is -2.04. The molecule has 2 rings (SSSR count). The van der Waals surface area contributed by atoms with Crippen LogP contribution in [0.5, 0.6) is 0 Å². The van der Waals surface area contributed by atoms with Gasteiger partial charge in [-0.3, -0.25) is 4.79 Å². The highest BCUT2D eigenvalue weighted by Gasteiger charge is 2.09. The highest BCUT2D eigenvalue weighted by molar-refractivity contribution is 8.03. The largest absolute Gasteiger partial charge is 0.326 e. The van der Waals surface area contributed by atoms with E-state index < -0.39 is 0 Å². The van der Waals surface area contributed by atoms with Crippen LogP contribution < -0.4 is 5.32 Å². The van der Waals surface area contributed by atoms with Crippen molar-refractivity contribution in [2.24, 2.45) is 7.05 Å². The third kappa shape index (κ3) is 3.53. The lowest BCUT2D eigenvalue weighted by Crippen LogP contribution is -2.17. The molecule has 96 valence electrons. The lowest BCUT2D eigenvalue weighted by molar-refractivity contribution is -0.115. The number of aryl methyl sites for hydroxylation is 1. The van der Waals surface area contributed by atoms with Crippen molar-refractivity contribution in [3.05, 3.63) is 30.1 Å². The number of nitrogens with zero attached hydrogens (tertiary/aromatic N) is 5. The van der Waals surface area contributed by atoms with E-state index in [1.54, 1.807) is 31.3 Å². The van der Waals surface area contributed by atoms with Gasteiger partial charge in [-0.2, -0.15) is 5.26 Å². The molecule has 19 heavy (non-hydrogen) atoms. The molecule has 1 amide bonds. The monoisotopic (exact) mass is 274 g/mol. The van der Waals surface area contributed by atoms with E-state index in [4.69, 9.17) is 5.26 Å². The summed E-state index contributed by atoms with van der Waals surface area (Å²) < 4.78 is 1.45. The summed E-state index contributed by atoms with van der Waals surface area (Å²) in [6, 6.07) is 7.03. The number of thiocyanates is 1. The van der Waals surface area contributed by atoms with Crippen molar-refractivity contribution < 1.29 is 4.79 Å². The number of nitriles is 1. The first kappa shape index (κ1) is 13.0. The highest BCUT2D eigenvalue weighted by atomic mass is 32.2. The van der Waals surface area contributed by atoms with Crippen molar-refractivity contribution in [1.82, 2.24) is 20.2 Å². The second-order valence-electron chi connectivity index (χ2n) is 3.66. The summed E-state index contributed by atoms with van der Waals surface area (Å²) in [5, 5.41) is 24.1. The number of thioether (sulfide) groups is 1. The summed E-state index contributed by atoms with van der Waals surface area (Å²) in [5.41, 5.74) is 0.669. The first-order chi connectivity index (χ1) is 9.19. The fraction of sp³-hybridized carbons (Fsp3) is 0.182. The quantitative estimate of drug-likeness (QED) is 0.659. The van der Waals surface area contributed by atoms with Crippen molar-refractivity contribution in [3.8, 4) is 5.40 Å². The first-order valence-electron chi connectivity index (χ1n) is 5.36. The molecule has 8 heteroatoms. The zero-order valence-corrected chi connectivity index (χ0v) is 10.9. The van der Waals surface area contributed by atoms with Gasteiger partial charge in [-0.1, -0.05) is 0 Å². The number of nitrogens with one attached hydrogen (secondary N) is 1. The molecule has 0 unspecified atom stereocenters. The van der Waals surface area contributed by atoms with E-state index >= 15 is 0 Å². The number of rotatable bonds is 4. The molecule has 1 aromatic heterocycles. The molecule has 0 fully saturated rings. The molecule has 1 N–H and O–H groups in total. The third-order valence-electron chi connectivity index (χ3n) is 2.33. The van der Waals surface area contributed by atoms with Gasteiger partial charge >= 0.3 is 0 Å². The molecule has 0 atom stereocenters. The number of benzene rings is 1. The molecule has 0 saturated carbocycles. The Morgan fingerprint density at radius 2 is 2.21 bits per heavy atom. The Morgan fingerprint density at radius 1 is 1.47 bits per heavy atom. The molecule has 7 nitrogen and oxygen atoms in total. The predicted octanol–water partition coefficient (Wildman–Crippen LogP) is 0.964. The Kier molecular flexibility index (Phi) is 4.10. The molecule has 0 radical (unpaired) electrons. The van der Waals surface area contributed by atoms with Gasteiger partial charge in [0.2, 0.25) is 5.91 Å². The molecular weight excluding hydrogens is 264 g/mol. The Morgan fingerprint density at radius 3 is 2.79 bits per heavy atom. The van der Waals surface area contributed by atoms with Crippen molar-refractivity contribution >= 4 is 23.4 Å². The summed E-state index contributed by atoms with van der Waals surface area (Å²) in [4.78, 5) is 12.6. The van der Waals surface area contributed by atoms with E-state index in [1.165, 1.54) is 4.68 Å². The molecule has 0 spiro atoms. The number of aromatic nitrogens is 4. The van der Waals surface area contributed by atoms with Gasteiger partial charge in [-0.25, -0.2) is 4.68 Å². The lowest BCUT2D eigenvalue weighted by atomic mass is 10.3. The van der Waals surface area contributed by atoms with Gasteiger partial charge in [0.1, 0.15) is 5.40 Å². The average molecular weight is 274 g/mol. The molecule has 0 aliphatic carbocycles. The fourth-order valence-electron chi connectivity index (χ4n) is 1.41. The predicted molar refractivity (Wildman–Crippen MR) is 69.0 cm³/mol. The van der Waals surface area contributed by atoms with E-state index in [2.05, 4.69) is 20.8 Å². The molecule has 0 bridgehead atoms. The van der Waals surface area contributed by atoms with Gasteiger partial charge in [0.15, 0.2) is 5.82 Å². The van der Waals surface area contributed by atoms with Crippen molar-refractivity contribution in [2.45, 2.75) is 11.3 Å². The van der Waals surface area contributed by atoms with Crippen molar-refractivity contribution in [3.63, 3.8) is 0 Å². The van der Waals surface area contributed by atoms with Crippen LogP contribution in [-0.4, -0.2) is 26.1 Å². The normalized spacial score (nSPS) is 9.89. The van der Waals surface area contributed by atoms with Gasteiger partial charge in [0.25, 0.3) is 0 Å². The minimum absolute atomic E-state index is 0.109. The zero-order valence-electron chi connectivity index (χ0n) is 10.1. The summed E-state index contributed by atoms with van der Waals surface area (Å²) in [6.45, 7) is 0. The molecule has 2 aromatic rings. The molecular formula is C11H10N6OS. The molecule has 1 aromatic carbocycles. The van der Waals surface area contributed by atoms with Crippen LogP contribution in [0.4, 0.5) is 5.69 Å². The minimum atomic E-state index is -0.196. The second kappa shape index (κ2) is 5.97. The van der Waals surface area contributed by atoms with Gasteiger partial charge in [-0.15, -0.1) is 5.10 Å². The van der Waals surface area contributed by atoms with Crippen molar-refractivity contribution in [2.75, 3.05) is 5.32 Å². The number of carbonyl (C=O) groups is 1. The molecule has 0 aliphatic rings. The van der Waals surface area contributed by atoms with Crippen LogP contribution in [0.15, 0.2) is 29.2 Å². The zero-order chi connectivity index (χ0) is 13.7. The number of hydrogen-bond acceptors (Lipinski definition) is 6. The first-order valence-corrected chi connectivity index (χ1v) is 6.18. The summed E-state index contributed by atoms with van der Waals surface area (Å²) >= 11 is 1.07. The van der Waals surface area contributed by atoms with Gasteiger partial charge in [0, 0.05) is 17.6 Å². The maximum atomic E-state index is 11.8.